The highest BCUT2D eigenvalue weighted by atomic mass is 16.5. The second-order valence-corrected chi connectivity index (χ2v) is 13.2. The number of carbonyl (C=O) groups excluding carboxylic acids is 3. The minimum Gasteiger partial charge on any atom is -0.476 e. The number of methoxy groups -OCH3 is 2. The standard InChI is InChI=1S/C31H48N4O6/c1-30(2,3)26(19-40-7)33-27(36)20-15-21(18-32-17-20)28(37)35(22-9-10-22)23-11-12-25-24(16-23)34(13-8-14-39-6)29(38)31(4,5)41-25/h11-12,16,20-22,26,32H,8-10,13-15,17-19H2,1-7H3,(H,33,36)/t20-,21+,26+/m0/s1. The lowest BCUT2D eigenvalue weighted by Crippen LogP contribution is -2.54. The molecule has 0 radical (unpaired) electrons. The van der Waals surface area contributed by atoms with E-state index in [1.54, 1.807) is 33.0 Å². The van der Waals surface area contributed by atoms with Crippen molar-refractivity contribution in [3.63, 3.8) is 0 Å². The molecule has 3 atom stereocenters. The van der Waals surface area contributed by atoms with Gasteiger partial charge < -0.3 is 34.6 Å². The Labute approximate surface area is 244 Å². The Morgan fingerprint density at radius 3 is 2.51 bits per heavy atom. The number of amides is 3. The van der Waals surface area contributed by atoms with Gasteiger partial charge in [-0.05, 0) is 63.1 Å². The first-order chi connectivity index (χ1) is 19.4. The van der Waals surface area contributed by atoms with E-state index in [0.29, 0.717) is 57.1 Å². The van der Waals surface area contributed by atoms with Crippen LogP contribution in [0.4, 0.5) is 11.4 Å². The van der Waals surface area contributed by atoms with Gasteiger partial charge >= 0.3 is 0 Å². The molecule has 2 aliphatic heterocycles. The summed E-state index contributed by atoms with van der Waals surface area (Å²) in [5, 5.41) is 6.50. The quantitative estimate of drug-likeness (QED) is 0.392. The molecule has 3 amide bonds. The van der Waals surface area contributed by atoms with Gasteiger partial charge in [0.05, 0.1) is 30.2 Å². The largest absolute Gasteiger partial charge is 0.476 e. The zero-order valence-corrected chi connectivity index (χ0v) is 25.7. The highest BCUT2D eigenvalue weighted by Gasteiger charge is 2.43. The second-order valence-electron chi connectivity index (χ2n) is 13.2. The zero-order chi connectivity index (χ0) is 29.9. The van der Waals surface area contributed by atoms with Crippen LogP contribution in [0.1, 0.15) is 60.3 Å². The Morgan fingerprint density at radius 2 is 1.88 bits per heavy atom. The van der Waals surface area contributed by atoms with E-state index in [0.717, 1.165) is 18.5 Å². The van der Waals surface area contributed by atoms with Gasteiger partial charge in [0.2, 0.25) is 11.8 Å². The Morgan fingerprint density at radius 1 is 1.17 bits per heavy atom. The topological polar surface area (TPSA) is 109 Å². The monoisotopic (exact) mass is 572 g/mol. The first-order valence-electron chi connectivity index (χ1n) is 14.8. The third kappa shape index (κ3) is 7.21. The third-order valence-electron chi connectivity index (χ3n) is 8.28. The van der Waals surface area contributed by atoms with Gasteiger partial charge in [0.15, 0.2) is 5.60 Å². The van der Waals surface area contributed by atoms with Crippen LogP contribution in [0.15, 0.2) is 18.2 Å². The Bertz CT molecular complexity index is 1110. The van der Waals surface area contributed by atoms with E-state index in [1.807, 2.05) is 23.1 Å². The number of benzene rings is 1. The number of fused-ring (bicyclic) bond motifs is 1. The number of rotatable bonds is 11. The number of hydrogen-bond donors (Lipinski definition) is 2. The average molecular weight is 573 g/mol. The van der Waals surface area contributed by atoms with Crippen LogP contribution in [0.3, 0.4) is 0 Å². The molecule has 4 rings (SSSR count). The maximum absolute atomic E-state index is 14.1. The van der Waals surface area contributed by atoms with E-state index < -0.39 is 5.60 Å². The molecule has 41 heavy (non-hydrogen) atoms. The van der Waals surface area contributed by atoms with Gasteiger partial charge in [-0.3, -0.25) is 14.4 Å². The Kier molecular flexibility index (Phi) is 9.66. The number of hydrogen-bond acceptors (Lipinski definition) is 7. The lowest BCUT2D eigenvalue weighted by atomic mass is 9.85. The fraction of sp³-hybridized carbons (Fsp3) is 0.710. The lowest BCUT2D eigenvalue weighted by Gasteiger charge is -2.40. The van der Waals surface area contributed by atoms with Crippen molar-refractivity contribution in [2.75, 3.05) is 56.9 Å². The summed E-state index contributed by atoms with van der Waals surface area (Å²) < 4.78 is 16.7. The van der Waals surface area contributed by atoms with Gasteiger partial charge in [0.1, 0.15) is 5.75 Å². The van der Waals surface area contributed by atoms with Crippen molar-refractivity contribution in [1.29, 1.82) is 0 Å². The number of nitrogens with one attached hydrogen (secondary N) is 2. The molecular formula is C31H48N4O6. The van der Waals surface area contributed by atoms with Crippen LogP contribution in [0.25, 0.3) is 0 Å². The van der Waals surface area contributed by atoms with Crippen LogP contribution in [0.2, 0.25) is 0 Å². The average Bonchev–Trinajstić information content (AvgIpc) is 3.75. The molecule has 10 nitrogen and oxygen atoms in total. The molecule has 0 unspecified atom stereocenters. The molecule has 2 fully saturated rings. The van der Waals surface area contributed by atoms with Crippen LogP contribution in [-0.4, -0.2) is 82.5 Å². The molecule has 1 saturated heterocycles. The van der Waals surface area contributed by atoms with Gasteiger partial charge in [0.25, 0.3) is 5.91 Å². The van der Waals surface area contributed by atoms with Crippen LogP contribution in [0.5, 0.6) is 5.75 Å². The summed E-state index contributed by atoms with van der Waals surface area (Å²) in [5.74, 6) is -0.177. The van der Waals surface area contributed by atoms with E-state index in [9.17, 15) is 14.4 Å². The summed E-state index contributed by atoms with van der Waals surface area (Å²) in [6.45, 7) is 12.3. The van der Waals surface area contributed by atoms with Crippen molar-refractivity contribution in [2.24, 2.45) is 17.3 Å². The molecule has 2 heterocycles. The number of piperidine rings is 1. The molecule has 1 saturated carbocycles. The van der Waals surface area contributed by atoms with Crippen LogP contribution >= 0.6 is 0 Å². The number of nitrogens with zero attached hydrogens (tertiary/aromatic N) is 2. The molecule has 1 aromatic rings. The summed E-state index contributed by atoms with van der Waals surface area (Å²) in [4.78, 5) is 44.3. The van der Waals surface area contributed by atoms with E-state index >= 15 is 0 Å². The van der Waals surface area contributed by atoms with Gasteiger partial charge in [0, 0.05) is 52.2 Å². The van der Waals surface area contributed by atoms with Gasteiger partial charge in [-0.25, -0.2) is 0 Å². The van der Waals surface area contributed by atoms with E-state index in [-0.39, 0.29) is 47.1 Å². The minimum atomic E-state index is -0.980. The highest BCUT2D eigenvalue weighted by molar-refractivity contribution is 6.04. The first-order valence-corrected chi connectivity index (χ1v) is 14.8. The first kappa shape index (κ1) is 31.3. The highest BCUT2D eigenvalue weighted by Crippen LogP contribution is 2.43. The zero-order valence-electron chi connectivity index (χ0n) is 25.7. The van der Waals surface area contributed by atoms with Crippen LogP contribution < -0.4 is 25.2 Å². The number of carbonyl (C=O) groups is 3. The Balaban J connectivity index is 1.54. The summed E-state index contributed by atoms with van der Waals surface area (Å²) in [5.41, 5.74) is 0.289. The summed E-state index contributed by atoms with van der Waals surface area (Å²) in [6, 6.07) is 5.66. The normalized spacial score (nSPS) is 22.9. The molecule has 0 spiro atoms. The molecule has 10 heteroatoms. The second kappa shape index (κ2) is 12.7. The van der Waals surface area contributed by atoms with Crippen molar-refractivity contribution in [1.82, 2.24) is 10.6 Å². The molecule has 1 aromatic carbocycles. The van der Waals surface area contributed by atoms with Gasteiger partial charge in [-0.2, -0.15) is 0 Å². The predicted molar refractivity (Wildman–Crippen MR) is 158 cm³/mol. The number of anilines is 2. The fourth-order valence-corrected chi connectivity index (χ4v) is 5.64. The van der Waals surface area contributed by atoms with Crippen molar-refractivity contribution < 1.29 is 28.6 Å². The van der Waals surface area contributed by atoms with Crippen molar-refractivity contribution in [3.05, 3.63) is 18.2 Å². The van der Waals surface area contributed by atoms with Gasteiger partial charge in [-0.15, -0.1) is 0 Å². The summed E-state index contributed by atoms with van der Waals surface area (Å²) in [7, 11) is 3.28. The van der Waals surface area contributed by atoms with E-state index in [1.165, 1.54) is 0 Å². The summed E-state index contributed by atoms with van der Waals surface area (Å²) in [6.07, 6.45) is 3.02. The Hall–Kier alpha value is -2.69. The molecule has 0 aromatic heterocycles. The predicted octanol–water partition coefficient (Wildman–Crippen LogP) is 3.13. The minimum absolute atomic E-state index is 0.0102. The van der Waals surface area contributed by atoms with E-state index in [2.05, 4.69) is 31.4 Å². The number of ether oxygens (including phenoxy) is 3. The molecule has 228 valence electrons. The smallest absolute Gasteiger partial charge is 0.270 e. The van der Waals surface area contributed by atoms with Crippen LogP contribution in [0, 0.1) is 17.3 Å². The van der Waals surface area contributed by atoms with Crippen molar-refractivity contribution in [3.8, 4) is 5.75 Å². The lowest BCUT2D eigenvalue weighted by molar-refractivity contribution is -0.132. The van der Waals surface area contributed by atoms with Gasteiger partial charge in [-0.1, -0.05) is 20.8 Å². The molecule has 3 aliphatic rings. The molecular weight excluding hydrogens is 524 g/mol. The third-order valence-corrected chi connectivity index (χ3v) is 8.28. The van der Waals surface area contributed by atoms with Crippen LogP contribution in [-0.2, 0) is 23.9 Å². The summed E-state index contributed by atoms with van der Waals surface area (Å²) >= 11 is 0. The SMILES string of the molecule is COCCCN1C(=O)C(C)(C)Oc2ccc(N(C(=O)[C@H]3CNC[C@@H](C(=O)N[C@H](COC)C(C)(C)C)C3)C3CC3)cc21. The van der Waals surface area contributed by atoms with E-state index in [4.69, 9.17) is 14.2 Å². The molecule has 0 bridgehead atoms. The fourth-order valence-electron chi connectivity index (χ4n) is 5.64. The molecule has 2 N–H and O–H groups in total. The maximum atomic E-state index is 14.1. The molecule has 1 aliphatic carbocycles. The van der Waals surface area contributed by atoms with Crippen molar-refractivity contribution in [2.45, 2.75) is 78.0 Å². The van der Waals surface area contributed by atoms with Crippen molar-refractivity contribution >= 4 is 29.1 Å². The maximum Gasteiger partial charge on any atom is 0.270 e.